The lowest BCUT2D eigenvalue weighted by Gasteiger charge is -2.43. The van der Waals surface area contributed by atoms with Crippen LogP contribution in [-0.4, -0.2) is 41.6 Å². The van der Waals surface area contributed by atoms with Gasteiger partial charge in [-0.15, -0.1) is 12.4 Å². The third-order valence-electron chi connectivity index (χ3n) is 5.57. The summed E-state index contributed by atoms with van der Waals surface area (Å²) in [5.41, 5.74) is 1.92. The molecule has 0 aromatic heterocycles. The third kappa shape index (κ3) is 6.05. The van der Waals surface area contributed by atoms with E-state index in [1.807, 2.05) is 66.4 Å². The second kappa shape index (κ2) is 11.1. The number of amides is 1. The molecule has 1 amide bonds. The normalized spacial score (nSPS) is 20.6. The number of halogens is 2. The third-order valence-corrected chi connectivity index (χ3v) is 6.10. The van der Waals surface area contributed by atoms with E-state index in [2.05, 4.69) is 27.8 Å². The first kappa shape index (κ1) is 23.9. The number of benzene rings is 2. The summed E-state index contributed by atoms with van der Waals surface area (Å²) in [5, 5.41) is 10.6. The molecule has 0 bridgehead atoms. The lowest BCUT2D eigenvalue weighted by Crippen LogP contribution is -2.52. The molecule has 1 N–H and O–H groups in total. The van der Waals surface area contributed by atoms with E-state index in [-0.39, 0.29) is 24.4 Å². The van der Waals surface area contributed by atoms with Gasteiger partial charge in [-0.2, -0.15) is 0 Å². The number of hydrogen-bond acceptors (Lipinski definition) is 3. The average Bonchev–Trinajstić information content (AvgIpc) is 2.71. The van der Waals surface area contributed by atoms with Crippen LogP contribution in [0.2, 0.25) is 0 Å². The molecule has 0 aliphatic carbocycles. The molecule has 0 spiro atoms. The fourth-order valence-corrected chi connectivity index (χ4v) is 4.35. The molecular formula is C23H30BrClN2O2. The maximum Gasteiger partial charge on any atom is 0.226 e. The largest absolute Gasteiger partial charge is 0.387 e. The highest BCUT2D eigenvalue weighted by Crippen LogP contribution is 2.29. The molecule has 1 fully saturated rings. The molecule has 2 aromatic carbocycles. The van der Waals surface area contributed by atoms with Crippen LogP contribution >= 0.6 is 28.3 Å². The Labute approximate surface area is 188 Å². The fraction of sp³-hybridized carbons (Fsp3) is 0.435. The summed E-state index contributed by atoms with van der Waals surface area (Å²) in [6.07, 6.45) is 0.915. The van der Waals surface area contributed by atoms with Gasteiger partial charge in [-0.3, -0.25) is 9.69 Å². The number of rotatable bonds is 6. The van der Waals surface area contributed by atoms with Crippen LogP contribution in [0.25, 0.3) is 0 Å². The van der Waals surface area contributed by atoms with Crippen molar-refractivity contribution in [3.8, 4) is 0 Å². The summed E-state index contributed by atoms with van der Waals surface area (Å²) in [7, 11) is 0. The van der Waals surface area contributed by atoms with Crippen molar-refractivity contribution in [3.63, 3.8) is 0 Å². The Morgan fingerprint density at radius 2 is 1.86 bits per heavy atom. The summed E-state index contributed by atoms with van der Waals surface area (Å²) in [6.45, 7) is 6.50. The van der Waals surface area contributed by atoms with Gasteiger partial charge in [0, 0.05) is 42.3 Å². The van der Waals surface area contributed by atoms with E-state index in [1.54, 1.807) is 0 Å². The summed E-state index contributed by atoms with van der Waals surface area (Å²) in [6, 6.07) is 18.0. The van der Waals surface area contributed by atoms with Crippen LogP contribution in [0.1, 0.15) is 38.4 Å². The zero-order chi connectivity index (χ0) is 20.1. The Balaban J connectivity index is 0.00000300. The van der Waals surface area contributed by atoms with Crippen molar-refractivity contribution in [2.75, 3.05) is 24.5 Å². The van der Waals surface area contributed by atoms with Gasteiger partial charge >= 0.3 is 0 Å². The minimum absolute atomic E-state index is 0. The number of para-hydroxylation sites is 1. The molecule has 3 atom stereocenters. The predicted molar refractivity (Wildman–Crippen MR) is 125 cm³/mol. The van der Waals surface area contributed by atoms with E-state index in [0.717, 1.165) is 35.2 Å². The van der Waals surface area contributed by atoms with Gasteiger partial charge in [0.15, 0.2) is 0 Å². The second-order valence-corrected chi connectivity index (χ2v) is 8.53. The lowest BCUT2D eigenvalue weighted by atomic mass is 9.91. The number of carbonyl (C=O) groups is 1. The minimum atomic E-state index is -0.501. The molecular weight excluding hydrogens is 452 g/mol. The standard InChI is InChI=1S/C23H29BrN2O2.ClH/c1-3-23(28)26(20-7-5-4-6-8-20)21-13-14-25(15-17(21)2)16-22(27)18-9-11-19(24)12-10-18;/h4-12,17,21-22,27H,3,13-16H2,1-2H3;1H. The van der Waals surface area contributed by atoms with Crippen LogP contribution in [0.15, 0.2) is 59.1 Å². The van der Waals surface area contributed by atoms with Crippen LogP contribution in [0.5, 0.6) is 0 Å². The zero-order valence-corrected chi connectivity index (χ0v) is 19.4. The zero-order valence-electron chi connectivity index (χ0n) is 17.0. The maximum absolute atomic E-state index is 12.7. The van der Waals surface area contributed by atoms with Crippen molar-refractivity contribution in [2.24, 2.45) is 5.92 Å². The molecule has 1 aliphatic rings. The van der Waals surface area contributed by atoms with E-state index in [9.17, 15) is 9.90 Å². The Morgan fingerprint density at radius 3 is 2.45 bits per heavy atom. The fourth-order valence-electron chi connectivity index (χ4n) is 4.08. The van der Waals surface area contributed by atoms with Crippen molar-refractivity contribution in [3.05, 3.63) is 64.6 Å². The average molecular weight is 482 g/mol. The van der Waals surface area contributed by atoms with Crippen molar-refractivity contribution in [1.82, 2.24) is 4.90 Å². The van der Waals surface area contributed by atoms with Crippen molar-refractivity contribution in [1.29, 1.82) is 0 Å². The van der Waals surface area contributed by atoms with Gasteiger partial charge in [0.25, 0.3) is 0 Å². The second-order valence-electron chi connectivity index (χ2n) is 7.61. The van der Waals surface area contributed by atoms with Gasteiger partial charge in [0.05, 0.1) is 6.10 Å². The Morgan fingerprint density at radius 1 is 1.21 bits per heavy atom. The topological polar surface area (TPSA) is 43.8 Å². The summed E-state index contributed by atoms with van der Waals surface area (Å²) in [4.78, 5) is 17.0. The molecule has 3 unspecified atom stereocenters. The van der Waals surface area contributed by atoms with Gasteiger partial charge in [-0.1, -0.05) is 60.1 Å². The molecule has 1 heterocycles. The summed E-state index contributed by atoms with van der Waals surface area (Å²) < 4.78 is 1.01. The van der Waals surface area contributed by atoms with Crippen molar-refractivity contribution >= 4 is 39.9 Å². The Kier molecular flexibility index (Phi) is 9.15. The lowest BCUT2D eigenvalue weighted by molar-refractivity contribution is -0.119. The van der Waals surface area contributed by atoms with Gasteiger partial charge in [0.1, 0.15) is 0 Å². The molecule has 2 aromatic rings. The Bertz CT molecular complexity index is 772. The first-order chi connectivity index (χ1) is 13.5. The van der Waals surface area contributed by atoms with Gasteiger partial charge in [-0.25, -0.2) is 0 Å². The van der Waals surface area contributed by atoms with Crippen LogP contribution in [0, 0.1) is 5.92 Å². The van der Waals surface area contributed by atoms with Crippen LogP contribution in [0.3, 0.4) is 0 Å². The highest BCUT2D eigenvalue weighted by Gasteiger charge is 2.34. The minimum Gasteiger partial charge on any atom is -0.387 e. The van der Waals surface area contributed by atoms with Gasteiger partial charge < -0.3 is 10.0 Å². The van der Waals surface area contributed by atoms with Crippen LogP contribution in [-0.2, 0) is 4.79 Å². The highest BCUT2D eigenvalue weighted by molar-refractivity contribution is 9.10. The first-order valence-electron chi connectivity index (χ1n) is 10.0. The highest BCUT2D eigenvalue weighted by atomic mass is 79.9. The van der Waals surface area contributed by atoms with E-state index in [4.69, 9.17) is 0 Å². The SMILES string of the molecule is CCC(=O)N(c1ccccc1)C1CCN(CC(O)c2ccc(Br)cc2)CC1C.Cl. The number of hydrogen-bond donors (Lipinski definition) is 1. The van der Waals surface area contributed by atoms with Gasteiger partial charge in [-0.05, 0) is 42.2 Å². The number of aliphatic hydroxyl groups excluding tert-OH is 1. The molecule has 158 valence electrons. The summed E-state index contributed by atoms with van der Waals surface area (Å²) >= 11 is 3.43. The smallest absolute Gasteiger partial charge is 0.226 e. The van der Waals surface area contributed by atoms with E-state index >= 15 is 0 Å². The van der Waals surface area contributed by atoms with E-state index < -0.39 is 6.10 Å². The van der Waals surface area contributed by atoms with Gasteiger partial charge in [0.2, 0.25) is 5.91 Å². The summed E-state index contributed by atoms with van der Waals surface area (Å²) in [5.74, 6) is 0.507. The number of β-amino-alcohol motifs (C(OH)–C–C–N with tert-alkyl or cyclic N) is 1. The molecule has 1 saturated heterocycles. The molecule has 29 heavy (non-hydrogen) atoms. The quantitative estimate of drug-likeness (QED) is 0.627. The number of piperidine rings is 1. The Hall–Kier alpha value is -1.40. The monoisotopic (exact) mass is 480 g/mol. The molecule has 4 nitrogen and oxygen atoms in total. The maximum atomic E-state index is 12.7. The first-order valence-corrected chi connectivity index (χ1v) is 10.8. The van der Waals surface area contributed by atoms with E-state index in [1.165, 1.54) is 0 Å². The van der Waals surface area contributed by atoms with Crippen LogP contribution in [0.4, 0.5) is 5.69 Å². The van der Waals surface area contributed by atoms with Crippen molar-refractivity contribution < 1.29 is 9.90 Å². The number of anilines is 1. The molecule has 1 aliphatic heterocycles. The molecule has 0 saturated carbocycles. The van der Waals surface area contributed by atoms with Crippen molar-refractivity contribution in [2.45, 2.75) is 38.8 Å². The van der Waals surface area contributed by atoms with Crippen LogP contribution < -0.4 is 4.90 Å². The molecule has 6 heteroatoms. The number of carbonyl (C=O) groups excluding carboxylic acids is 1. The molecule has 0 radical (unpaired) electrons. The number of aliphatic hydroxyl groups is 1. The predicted octanol–water partition coefficient (Wildman–Crippen LogP) is 5.06. The molecule has 3 rings (SSSR count). The van der Waals surface area contributed by atoms with E-state index in [0.29, 0.717) is 18.9 Å². The number of nitrogens with zero attached hydrogens (tertiary/aromatic N) is 2. The number of likely N-dealkylation sites (tertiary alicyclic amines) is 1.